The van der Waals surface area contributed by atoms with Crippen LogP contribution in [0, 0.1) is 0 Å². The summed E-state index contributed by atoms with van der Waals surface area (Å²) in [6.45, 7) is 0. The van der Waals surface area contributed by atoms with E-state index in [1.54, 1.807) is 0 Å². The number of rotatable bonds is 4. The molecule has 1 aliphatic carbocycles. The molecule has 0 bridgehead atoms. The van der Waals surface area contributed by atoms with Crippen LogP contribution in [0.5, 0.6) is 34.5 Å². The average Bonchev–Trinajstić information content (AvgIpc) is 2.69. The number of hydrogen-bond acceptors (Lipinski definition) is 10. The molecule has 1 fully saturated rings. The largest absolute Gasteiger partial charge is 0.504 e. The minimum Gasteiger partial charge on any atom is -0.504 e. The number of esters is 2. The third kappa shape index (κ3) is 4.43. The third-order valence-corrected chi connectivity index (χ3v) is 4.74. The fourth-order valence-electron chi connectivity index (χ4n) is 3.20. The van der Waals surface area contributed by atoms with E-state index in [1.807, 2.05) is 0 Å². The minimum absolute atomic E-state index is 0.156. The van der Waals surface area contributed by atoms with E-state index in [4.69, 9.17) is 9.47 Å². The third-order valence-electron chi connectivity index (χ3n) is 4.74. The van der Waals surface area contributed by atoms with Crippen LogP contribution in [0.2, 0.25) is 0 Å². The molecule has 0 aliphatic heterocycles. The lowest BCUT2D eigenvalue weighted by molar-refractivity contribution is -0.0178. The summed E-state index contributed by atoms with van der Waals surface area (Å²) in [5.74, 6) is -5.83. The Bertz CT molecular complexity index is 860. The van der Waals surface area contributed by atoms with E-state index in [0.717, 1.165) is 24.3 Å². The Balaban J connectivity index is 1.63. The van der Waals surface area contributed by atoms with Crippen molar-refractivity contribution in [2.45, 2.75) is 37.9 Å². The zero-order valence-electron chi connectivity index (χ0n) is 15.6. The lowest BCUT2D eigenvalue weighted by atomic mass is 9.94. The molecular formula is C20H20O10. The predicted octanol–water partition coefficient (Wildman–Crippen LogP) is 2.25. The molecule has 0 unspecified atom stereocenters. The second-order valence-corrected chi connectivity index (χ2v) is 6.95. The van der Waals surface area contributed by atoms with Gasteiger partial charge in [-0.15, -0.1) is 0 Å². The number of phenols is 6. The van der Waals surface area contributed by atoms with Crippen LogP contribution in [0.1, 0.15) is 46.4 Å². The van der Waals surface area contributed by atoms with Crippen LogP contribution < -0.4 is 0 Å². The van der Waals surface area contributed by atoms with Crippen molar-refractivity contribution < 1.29 is 49.7 Å². The van der Waals surface area contributed by atoms with Crippen molar-refractivity contribution in [1.29, 1.82) is 0 Å². The highest BCUT2D eigenvalue weighted by Crippen LogP contribution is 2.37. The molecule has 0 radical (unpaired) electrons. The van der Waals surface area contributed by atoms with Crippen LogP contribution >= 0.6 is 0 Å². The Morgan fingerprint density at radius 2 is 1.00 bits per heavy atom. The summed E-state index contributed by atoms with van der Waals surface area (Å²) >= 11 is 0. The molecule has 1 saturated carbocycles. The Hall–Kier alpha value is -3.82. The molecule has 1 aliphatic rings. The van der Waals surface area contributed by atoms with Gasteiger partial charge in [-0.05, 0) is 43.5 Å². The van der Waals surface area contributed by atoms with Gasteiger partial charge in [0.25, 0.3) is 0 Å². The molecule has 2 aromatic carbocycles. The second kappa shape index (κ2) is 8.27. The number of carbonyl (C=O) groups is 2. The van der Waals surface area contributed by atoms with Crippen molar-refractivity contribution in [3.8, 4) is 34.5 Å². The van der Waals surface area contributed by atoms with Crippen LogP contribution in [0.25, 0.3) is 0 Å². The van der Waals surface area contributed by atoms with Gasteiger partial charge in [-0.3, -0.25) is 0 Å². The fourth-order valence-corrected chi connectivity index (χ4v) is 3.20. The van der Waals surface area contributed by atoms with Gasteiger partial charge in [0.05, 0.1) is 11.1 Å². The number of ether oxygens (including phenoxy) is 2. The van der Waals surface area contributed by atoms with E-state index in [9.17, 15) is 40.2 Å². The Morgan fingerprint density at radius 1 is 0.667 bits per heavy atom. The number of phenolic OH excluding ortho intramolecular Hbond substituents is 6. The summed E-state index contributed by atoms with van der Waals surface area (Å²) in [6.07, 6.45) is 0.623. The molecule has 2 aromatic rings. The first-order chi connectivity index (χ1) is 14.2. The molecule has 6 N–H and O–H groups in total. The van der Waals surface area contributed by atoms with Crippen molar-refractivity contribution in [2.75, 3.05) is 0 Å². The van der Waals surface area contributed by atoms with Gasteiger partial charge in [-0.25, -0.2) is 9.59 Å². The summed E-state index contributed by atoms with van der Waals surface area (Å²) in [7, 11) is 0. The Labute approximate surface area is 170 Å². The first kappa shape index (κ1) is 20.9. The molecule has 0 amide bonds. The Kier molecular flexibility index (Phi) is 5.77. The summed E-state index contributed by atoms with van der Waals surface area (Å²) in [5.41, 5.74) is -0.311. The van der Waals surface area contributed by atoms with Crippen LogP contribution in [0.4, 0.5) is 0 Å². The predicted molar refractivity (Wildman–Crippen MR) is 99.7 cm³/mol. The summed E-state index contributed by atoms with van der Waals surface area (Å²) in [5, 5.41) is 56.8. The lowest BCUT2D eigenvalue weighted by Gasteiger charge is -2.28. The maximum atomic E-state index is 12.3. The van der Waals surface area contributed by atoms with E-state index in [2.05, 4.69) is 0 Å². The van der Waals surface area contributed by atoms with Crippen LogP contribution in [0.15, 0.2) is 24.3 Å². The van der Waals surface area contributed by atoms with Gasteiger partial charge in [-0.2, -0.15) is 0 Å². The molecular weight excluding hydrogens is 400 g/mol. The number of aromatic hydroxyl groups is 6. The quantitative estimate of drug-likeness (QED) is 0.318. The van der Waals surface area contributed by atoms with Crippen LogP contribution in [0.3, 0.4) is 0 Å². The van der Waals surface area contributed by atoms with E-state index in [0.29, 0.717) is 19.3 Å². The molecule has 0 aromatic heterocycles. The van der Waals surface area contributed by atoms with Crippen LogP contribution in [-0.2, 0) is 9.47 Å². The molecule has 30 heavy (non-hydrogen) atoms. The van der Waals surface area contributed by atoms with Crippen LogP contribution in [-0.4, -0.2) is 54.8 Å². The molecule has 10 nitrogen and oxygen atoms in total. The minimum atomic E-state index is -0.828. The topological polar surface area (TPSA) is 174 Å². The zero-order valence-corrected chi connectivity index (χ0v) is 15.6. The van der Waals surface area contributed by atoms with Crippen molar-refractivity contribution >= 4 is 11.9 Å². The molecule has 160 valence electrons. The smallest absolute Gasteiger partial charge is 0.338 e. The molecule has 3 rings (SSSR count). The monoisotopic (exact) mass is 420 g/mol. The van der Waals surface area contributed by atoms with E-state index >= 15 is 0 Å². The average molecular weight is 420 g/mol. The van der Waals surface area contributed by atoms with Gasteiger partial charge in [0.2, 0.25) is 0 Å². The van der Waals surface area contributed by atoms with Gasteiger partial charge in [0.15, 0.2) is 34.5 Å². The normalized spacial score (nSPS) is 18.5. The first-order valence-corrected chi connectivity index (χ1v) is 9.07. The lowest BCUT2D eigenvalue weighted by Crippen LogP contribution is -2.31. The van der Waals surface area contributed by atoms with Crippen molar-refractivity contribution in [3.05, 3.63) is 35.4 Å². The number of hydrogen-bond donors (Lipinski definition) is 6. The highest BCUT2D eigenvalue weighted by Gasteiger charge is 2.29. The van der Waals surface area contributed by atoms with Crippen molar-refractivity contribution in [1.82, 2.24) is 0 Å². The van der Waals surface area contributed by atoms with Gasteiger partial charge in [0.1, 0.15) is 12.2 Å². The molecule has 2 atom stereocenters. The fraction of sp³-hybridized carbons (Fsp3) is 0.300. The summed E-state index contributed by atoms with van der Waals surface area (Å²) in [6, 6.07) is 3.84. The molecule has 10 heteroatoms. The van der Waals surface area contributed by atoms with E-state index < -0.39 is 58.6 Å². The van der Waals surface area contributed by atoms with Crippen molar-refractivity contribution in [2.24, 2.45) is 0 Å². The summed E-state index contributed by atoms with van der Waals surface area (Å²) < 4.78 is 10.7. The molecule has 0 saturated heterocycles. The van der Waals surface area contributed by atoms with E-state index in [1.165, 1.54) is 0 Å². The molecule has 0 spiro atoms. The van der Waals surface area contributed by atoms with Gasteiger partial charge < -0.3 is 40.1 Å². The van der Waals surface area contributed by atoms with E-state index in [-0.39, 0.29) is 17.5 Å². The number of benzene rings is 2. The standard InChI is InChI=1S/C20H20O10/c21-13-4-9(5-14(22)17(13)25)19(27)29-11-2-1-3-12(8-11)30-20(28)10-6-15(23)18(26)16(24)7-10/h4-7,11-12,21-26H,1-3,8H2/t11-,12-/m0/s1. The van der Waals surface area contributed by atoms with Gasteiger partial charge >= 0.3 is 11.9 Å². The van der Waals surface area contributed by atoms with Gasteiger partial charge in [0, 0.05) is 6.42 Å². The highest BCUT2D eigenvalue weighted by molar-refractivity contribution is 5.92. The SMILES string of the molecule is O=C(O[C@H]1CCC[C@H](OC(=O)c2cc(O)c(O)c(O)c2)C1)c1cc(O)c(O)c(O)c1. The second-order valence-electron chi connectivity index (χ2n) is 6.95. The number of carbonyl (C=O) groups excluding carboxylic acids is 2. The maximum Gasteiger partial charge on any atom is 0.338 e. The maximum absolute atomic E-state index is 12.3. The Morgan fingerprint density at radius 3 is 1.33 bits per heavy atom. The summed E-state index contributed by atoms with van der Waals surface area (Å²) in [4.78, 5) is 24.5. The zero-order chi connectivity index (χ0) is 22.0. The first-order valence-electron chi connectivity index (χ1n) is 9.07. The molecule has 0 heterocycles. The highest BCUT2D eigenvalue weighted by atomic mass is 16.6. The van der Waals surface area contributed by atoms with Gasteiger partial charge in [-0.1, -0.05) is 0 Å². The van der Waals surface area contributed by atoms with Crippen molar-refractivity contribution in [3.63, 3.8) is 0 Å².